The molecule has 9 heteroatoms. The molecule has 1 aromatic heterocycles. The molecule has 6 nitrogen and oxygen atoms in total. The quantitative estimate of drug-likeness (QED) is 0.617. The average molecular weight is 380 g/mol. The number of rotatable bonds is 5. The average Bonchev–Trinajstić information content (AvgIpc) is 2.43. The predicted molar refractivity (Wildman–Crippen MR) is 80.1 cm³/mol. The lowest BCUT2D eigenvalue weighted by Crippen LogP contribution is -2.31. The zero-order valence-electron chi connectivity index (χ0n) is 11.9. The van der Waals surface area contributed by atoms with Gasteiger partial charge in [0.15, 0.2) is 0 Å². The summed E-state index contributed by atoms with van der Waals surface area (Å²) in [5, 5.41) is 14.1. The molecule has 0 unspecified atom stereocenters. The van der Waals surface area contributed by atoms with E-state index in [1.807, 2.05) is 0 Å². The first-order valence-corrected chi connectivity index (χ1v) is 7.67. The fraction of sp³-hybridized carbons (Fsp3) is 0.615. The van der Waals surface area contributed by atoms with Crippen molar-refractivity contribution in [3.63, 3.8) is 0 Å². The van der Waals surface area contributed by atoms with E-state index in [1.165, 1.54) is 6.07 Å². The Balaban J connectivity index is 1.98. The first kappa shape index (κ1) is 17.0. The number of anilines is 1. The van der Waals surface area contributed by atoms with Crippen molar-refractivity contribution in [2.24, 2.45) is 0 Å². The van der Waals surface area contributed by atoms with Gasteiger partial charge in [0.05, 0.1) is 15.5 Å². The molecule has 1 fully saturated rings. The van der Waals surface area contributed by atoms with Crippen molar-refractivity contribution in [3.05, 3.63) is 26.3 Å². The van der Waals surface area contributed by atoms with Gasteiger partial charge in [-0.05, 0) is 48.5 Å². The summed E-state index contributed by atoms with van der Waals surface area (Å²) >= 11 is 3.27. The first-order valence-electron chi connectivity index (χ1n) is 6.88. The number of hydrogen-bond acceptors (Lipinski definition) is 5. The Kier molecular flexibility index (Phi) is 5.63. The zero-order chi connectivity index (χ0) is 16.3. The van der Waals surface area contributed by atoms with Gasteiger partial charge in [-0.15, -0.1) is 0 Å². The predicted octanol–water partition coefficient (Wildman–Crippen LogP) is 4.02. The summed E-state index contributed by atoms with van der Waals surface area (Å²) in [6, 6.07) is 1.50. The lowest BCUT2D eigenvalue weighted by Gasteiger charge is -2.29. The molecule has 1 saturated carbocycles. The monoisotopic (exact) mass is 379 g/mol. The molecule has 0 bridgehead atoms. The second-order valence-electron chi connectivity index (χ2n) is 5.20. The minimum absolute atomic E-state index is 0.0496. The third kappa shape index (κ3) is 4.33. The van der Waals surface area contributed by atoms with E-state index in [2.05, 4.69) is 31.0 Å². The maximum absolute atomic E-state index is 12.2. The zero-order valence-corrected chi connectivity index (χ0v) is 13.5. The number of aryl methyl sites for hydroxylation is 1. The molecule has 0 aliphatic heterocycles. The minimum atomic E-state index is -2.73. The summed E-state index contributed by atoms with van der Waals surface area (Å²) < 4.78 is 29.3. The van der Waals surface area contributed by atoms with E-state index in [1.54, 1.807) is 6.92 Å². The van der Waals surface area contributed by atoms with Crippen molar-refractivity contribution in [1.82, 2.24) is 4.98 Å². The van der Waals surface area contributed by atoms with Crippen LogP contribution in [0.2, 0.25) is 0 Å². The fourth-order valence-electron chi connectivity index (χ4n) is 2.54. The van der Waals surface area contributed by atoms with Crippen molar-refractivity contribution >= 4 is 27.4 Å². The molecule has 22 heavy (non-hydrogen) atoms. The molecular formula is C13H16BrF2N3O3. The maximum atomic E-state index is 12.2. The Morgan fingerprint density at radius 1 is 1.45 bits per heavy atom. The topological polar surface area (TPSA) is 77.3 Å². The lowest BCUT2D eigenvalue weighted by atomic mass is 9.93. The molecule has 0 spiro atoms. The molecule has 122 valence electrons. The molecule has 1 heterocycles. The van der Waals surface area contributed by atoms with Gasteiger partial charge in [0.1, 0.15) is 11.5 Å². The van der Waals surface area contributed by atoms with Gasteiger partial charge in [0.2, 0.25) is 0 Å². The van der Waals surface area contributed by atoms with E-state index >= 15 is 0 Å². The molecule has 0 amide bonds. The van der Waals surface area contributed by atoms with Crippen LogP contribution in [0.25, 0.3) is 0 Å². The Hall–Kier alpha value is -1.35. The van der Waals surface area contributed by atoms with Crippen LogP contribution in [-0.4, -0.2) is 28.7 Å². The molecule has 2 rings (SSSR count). The summed E-state index contributed by atoms with van der Waals surface area (Å²) in [6.07, 6.45) is 2.05. The van der Waals surface area contributed by atoms with Crippen LogP contribution in [0.3, 0.4) is 0 Å². The van der Waals surface area contributed by atoms with Gasteiger partial charge in [-0.3, -0.25) is 10.1 Å². The molecule has 1 N–H and O–H groups in total. The van der Waals surface area contributed by atoms with E-state index in [0.717, 1.165) is 0 Å². The molecular weight excluding hydrogens is 364 g/mol. The summed E-state index contributed by atoms with van der Waals surface area (Å²) in [5.74, 6) is 0.529. The van der Waals surface area contributed by atoms with Gasteiger partial charge in [-0.1, -0.05) is 0 Å². The maximum Gasteiger partial charge on any atom is 0.345 e. The summed E-state index contributed by atoms with van der Waals surface area (Å²) in [7, 11) is 0. The SMILES string of the molecule is Cc1nc(NC2CCC(OC(F)F)CC2)c(Br)cc1[N+](=O)[O-]. The molecule has 1 aromatic rings. The summed E-state index contributed by atoms with van der Waals surface area (Å²) in [5.41, 5.74) is 0.275. The van der Waals surface area contributed by atoms with Crippen molar-refractivity contribution < 1.29 is 18.4 Å². The fourth-order valence-corrected chi connectivity index (χ4v) is 2.96. The van der Waals surface area contributed by atoms with Gasteiger partial charge in [-0.2, -0.15) is 8.78 Å². The van der Waals surface area contributed by atoms with Crippen molar-refractivity contribution in [3.8, 4) is 0 Å². The Morgan fingerprint density at radius 2 is 2.09 bits per heavy atom. The standard InChI is InChI=1S/C13H16BrF2N3O3/c1-7-11(19(20)21)6-10(14)12(17-7)18-8-2-4-9(5-3-8)22-13(15)16/h6,8-9,13H,2-5H2,1H3,(H,17,18). The third-order valence-electron chi connectivity index (χ3n) is 3.65. The van der Waals surface area contributed by atoms with Gasteiger partial charge in [0, 0.05) is 12.1 Å². The highest BCUT2D eigenvalue weighted by molar-refractivity contribution is 9.10. The van der Waals surface area contributed by atoms with Crippen LogP contribution >= 0.6 is 15.9 Å². The lowest BCUT2D eigenvalue weighted by molar-refractivity contribution is -0.385. The Labute approximate surface area is 134 Å². The van der Waals surface area contributed by atoms with Gasteiger partial charge >= 0.3 is 6.61 Å². The highest BCUT2D eigenvalue weighted by Gasteiger charge is 2.25. The van der Waals surface area contributed by atoms with Crippen molar-refractivity contribution in [2.75, 3.05) is 5.32 Å². The van der Waals surface area contributed by atoms with E-state index in [0.29, 0.717) is 41.7 Å². The molecule has 0 saturated heterocycles. The van der Waals surface area contributed by atoms with Crippen molar-refractivity contribution in [2.45, 2.75) is 51.4 Å². The molecule has 0 radical (unpaired) electrons. The van der Waals surface area contributed by atoms with Crippen LogP contribution in [0.5, 0.6) is 0 Å². The normalized spacial score (nSPS) is 21.9. The number of halogens is 3. The van der Waals surface area contributed by atoms with E-state index in [4.69, 9.17) is 0 Å². The van der Waals surface area contributed by atoms with Crippen LogP contribution < -0.4 is 5.32 Å². The van der Waals surface area contributed by atoms with Gasteiger partial charge < -0.3 is 10.1 Å². The Bertz CT molecular complexity index is 552. The summed E-state index contributed by atoms with van der Waals surface area (Å²) in [6.45, 7) is -1.16. The smallest absolute Gasteiger partial charge is 0.345 e. The number of alkyl halides is 2. The second kappa shape index (κ2) is 7.28. The number of nitrogens with zero attached hydrogens (tertiary/aromatic N) is 2. The molecule has 1 aliphatic carbocycles. The number of nitro groups is 1. The van der Waals surface area contributed by atoms with Crippen molar-refractivity contribution in [1.29, 1.82) is 0 Å². The number of pyridine rings is 1. The van der Waals surface area contributed by atoms with Crippen LogP contribution in [0, 0.1) is 17.0 Å². The summed E-state index contributed by atoms with van der Waals surface area (Å²) in [4.78, 5) is 14.6. The third-order valence-corrected chi connectivity index (χ3v) is 4.25. The molecule has 1 aliphatic rings. The second-order valence-corrected chi connectivity index (χ2v) is 6.05. The minimum Gasteiger partial charge on any atom is -0.366 e. The highest BCUT2D eigenvalue weighted by Crippen LogP contribution is 2.31. The number of aromatic nitrogens is 1. The Morgan fingerprint density at radius 3 is 2.64 bits per heavy atom. The van der Waals surface area contributed by atoms with E-state index < -0.39 is 17.6 Å². The molecule has 0 atom stereocenters. The van der Waals surface area contributed by atoms with Crippen LogP contribution in [-0.2, 0) is 4.74 Å². The molecule has 0 aromatic carbocycles. The van der Waals surface area contributed by atoms with Crippen LogP contribution in [0.4, 0.5) is 20.3 Å². The number of nitrogens with one attached hydrogen (secondary N) is 1. The first-order chi connectivity index (χ1) is 10.4. The largest absolute Gasteiger partial charge is 0.366 e. The van der Waals surface area contributed by atoms with Gasteiger partial charge in [0.25, 0.3) is 5.69 Å². The van der Waals surface area contributed by atoms with Gasteiger partial charge in [-0.25, -0.2) is 4.98 Å². The number of hydrogen-bond donors (Lipinski definition) is 1. The van der Waals surface area contributed by atoms with E-state index in [-0.39, 0.29) is 11.7 Å². The number of ether oxygens (including phenoxy) is 1. The van der Waals surface area contributed by atoms with Crippen LogP contribution in [0.1, 0.15) is 31.4 Å². The van der Waals surface area contributed by atoms with E-state index in [9.17, 15) is 18.9 Å². The highest BCUT2D eigenvalue weighted by atomic mass is 79.9. The van der Waals surface area contributed by atoms with Crippen LogP contribution in [0.15, 0.2) is 10.5 Å².